The largest absolute Gasteiger partial charge is 0.352 e. The Morgan fingerprint density at radius 3 is 2.63 bits per heavy atom. The van der Waals surface area contributed by atoms with E-state index in [1.54, 1.807) is 35.2 Å². The summed E-state index contributed by atoms with van der Waals surface area (Å²) in [4.78, 5) is 19.7. The molecule has 0 aliphatic carbocycles. The average molecular weight is 439 g/mol. The highest BCUT2D eigenvalue weighted by atomic mass is 32.2. The second-order valence-electron chi connectivity index (χ2n) is 7.75. The molecule has 0 saturated heterocycles. The van der Waals surface area contributed by atoms with Crippen LogP contribution in [-0.4, -0.2) is 18.2 Å². The number of aryl methyl sites for hydroxylation is 1. The number of nitrogens with zero attached hydrogens (tertiary/aromatic N) is 1. The van der Waals surface area contributed by atoms with Crippen molar-refractivity contribution in [2.45, 2.75) is 36.3 Å². The van der Waals surface area contributed by atoms with E-state index >= 15 is 0 Å². The van der Waals surface area contributed by atoms with E-state index in [0.29, 0.717) is 18.0 Å². The van der Waals surface area contributed by atoms with Crippen LogP contribution in [0.15, 0.2) is 62.6 Å². The molecule has 3 aromatic rings. The topological polar surface area (TPSA) is 41.5 Å². The molecule has 6 heteroatoms. The van der Waals surface area contributed by atoms with Gasteiger partial charge >= 0.3 is 0 Å². The van der Waals surface area contributed by atoms with Crippen LogP contribution in [0, 0.1) is 18.7 Å². The average Bonchev–Trinajstić information content (AvgIpc) is 3.00. The molecule has 2 aromatic carbocycles. The minimum absolute atomic E-state index is 0.0863. The predicted molar refractivity (Wildman–Crippen MR) is 123 cm³/mol. The van der Waals surface area contributed by atoms with Crippen molar-refractivity contribution in [2.75, 3.05) is 6.54 Å². The van der Waals surface area contributed by atoms with Crippen LogP contribution in [0.5, 0.6) is 0 Å². The predicted octanol–water partition coefficient (Wildman–Crippen LogP) is 6.61. The molecule has 0 bridgehead atoms. The number of rotatable bonds is 5. The van der Waals surface area contributed by atoms with Crippen molar-refractivity contribution in [3.8, 4) is 0 Å². The molecule has 4 rings (SSSR count). The molecule has 0 spiro atoms. The Morgan fingerprint density at radius 2 is 1.90 bits per heavy atom. The Balaban J connectivity index is 1.73. The van der Waals surface area contributed by atoms with Crippen molar-refractivity contribution in [3.05, 3.63) is 75.9 Å². The SMILES string of the molecule is Cc1cc2c(s1)Sc1ccc(C(=O)NCCC(C)C)cc1N=C2c1ccc(F)cc1. The smallest absolute Gasteiger partial charge is 0.251 e. The Kier molecular flexibility index (Phi) is 6.06. The molecule has 0 saturated carbocycles. The summed E-state index contributed by atoms with van der Waals surface area (Å²) in [5, 5.41) is 2.99. The highest BCUT2D eigenvalue weighted by Crippen LogP contribution is 2.45. The first-order chi connectivity index (χ1) is 14.4. The standard InChI is InChI=1S/C24H23FN2OS2/c1-14(2)10-11-26-23(28)17-6-9-21-20(13-17)27-22(16-4-7-18(25)8-5-16)19-12-15(3)29-24(19)30-21/h4-9,12-14H,10-11H2,1-3H3,(H,26,28). The van der Waals surface area contributed by atoms with Crippen LogP contribution in [-0.2, 0) is 0 Å². The fraction of sp³-hybridized carbons (Fsp3) is 0.250. The molecule has 0 radical (unpaired) electrons. The second-order valence-corrected chi connectivity index (χ2v) is 10.3. The van der Waals surface area contributed by atoms with E-state index in [0.717, 1.165) is 38.1 Å². The lowest BCUT2D eigenvalue weighted by atomic mass is 10.0. The molecule has 1 amide bonds. The highest BCUT2D eigenvalue weighted by Gasteiger charge is 2.22. The summed E-state index contributed by atoms with van der Waals surface area (Å²) < 4.78 is 14.6. The Bertz CT molecular complexity index is 1120. The van der Waals surface area contributed by atoms with E-state index in [1.807, 2.05) is 18.2 Å². The van der Waals surface area contributed by atoms with Crippen LogP contribution in [0.1, 0.15) is 46.6 Å². The summed E-state index contributed by atoms with van der Waals surface area (Å²) in [5.74, 6) is 0.181. The van der Waals surface area contributed by atoms with Crippen LogP contribution in [0.3, 0.4) is 0 Å². The summed E-state index contributed by atoms with van der Waals surface area (Å²) in [7, 11) is 0. The zero-order chi connectivity index (χ0) is 21.3. The summed E-state index contributed by atoms with van der Waals surface area (Å²) in [6, 6.07) is 14.2. The number of thiophene rings is 1. The van der Waals surface area contributed by atoms with Crippen LogP contribution in [0.2, 0.25) is 0 Å². The molecule has 154 valence electrons. The molecule has 1 aliphatic heterocycles. The fourth-order valence-corrected chi connectivity index (χ4v) is 5.63. The lowest BCUT2D eigenvalue weighted by molar-refractivity contribution is 0.0952. The van der Waals surface area contributed by atoms with Gasteiger partial charge in [-0.25, -0.2) is 9.38 Å². The van der Waals surface area contributed by atoms with E-state index in [4.69, 9.17) is 4.99 Å². The number of hydrogen-bond donors (Lipinski definition) is 1. The Hall–Kier alpha value is -2.44. The lowest BCUT2D eigenvalue weighted by Crippen LogP contribution is -2.25. The van der Waals surface area contributed by atoms with Gasteiger partial charge in [-0.15, -0.1) is 11.3 Å². The molecule has 30 heavy (non-hydrogen) atoms. The molecule has 0 atom stereocenters. The second kappa shape index (κ2) is 8.74. The first-order valence-corrected chi connectivity index (χ1v) is 11.6. The van der Waals surface area contributed by atoms with Crippen LogP contribution in [0.4, 0.5) is 10.1 Å². The highest BCUT2D eigenvalue weighted by molar-refractivity contribution is 8.01. The number of hydrogen-bond acceptors (Lipinski definition) is 4. The van der Waals surface area contributed by atoms with E-state index in [9.17, 15) is 9.18 Å². The normalized spacial score (nSPS) is 12.8. The quantitative estimate of drug-likeness (QED) is 0.381. The summed E-state index contributed by atoms with van der Waals surface area (Å²) in [6.07, 6.45) is 0.943. The van der Waals surface area contributed by atoms with Crippen molar-refractivity contribution < 1.29 is 9.18 Å². The van der Waals surface area contributed by atoms with Gasteiger partial charge in [-0.2, -0.15) is 0 Å². The summed E-state index contributed by atoms with van der Waals surface area (Å²) in [5.41, 5.74) is 4.07. The van der Waals surface area contributed by atoms with Gasteiger partial charge in [0.15, 0.2) is 0 Å². The minimum Gasteiger partial charge on any atom is -0.352 e. The number of nitrogens with one attached hydrogen (secondary N) is 1. The van der Waals surface area contributed by atoms with Gasteiger partial charge in [-0.1, -0.05) is 25.6 Å². The maximum absolute atomic E-state index is 13.5. The van der Waals surface area contributed by atoms with Crippen LogP contribution in [0.25, 0.3) is 0 Å². The molecular formula is C24H23FN2OS2. The Labute approximate surface area is 184 Å². The van der Waals surface area contributed by atoms with Crippen molar-refractivity contribution in [1.29, 1.82) is 0 Å². The Morgan fingerprint density at radius 1 is 1.13 bits per heavy atom. The lowest BCUT2D eigenvalue weighted by Gasteiger charge is -2.09. The number of benzene rings is 2. The number of amides is 1. The summed E-state index contributed by atoms with van der Waals surface area (Å²) >= 11 is 3.39. The van der Waals surface area contributed by atoms with E-state index in [-0.39, 0.29) is 11.7 Å². The first kappa shape index (κ1) is 20.8. The molecule has 0 unspecified atom stereocenters. The molecular weight excluding hydrogens is 415 g/mol. The summed E-state index contributed by atoms with van der Waals surface area (Å²) in [6.45, 7) is 7.01. The third kappa shape index (κ3) is 4.50. The van der Waals surface area contributed by atoms with Crippen molar-refractivity contribution in [3.63, 3.8) is 0 Å². The van der Waals surface area contributed by atoms with Crippen LogP contribution >= 0.6 is 23.1 Å². The number of halogens is 1. The van der Waals surface area contributed by atoms with E-state index in [2.05, 4.69) is 32.2 Å². The number of carbonyl (C=O) groups is 1. The van der Waals surface area contributed by atoms with Gasteiger partial charge in [0.1, 0.15) is 5.82 Å². The zero-order valence-electron chi connectivity index (χ0n) is 17.2. The maximum atomic E-state index is 13.5. The molecule has 3 nitrogen and oxygen atoms in total. The van der Waals surface area contributed by atoms with Crippen molar-refractivity contribution in [2.24, 2.45) is 10.9 Å². The van der Waals surface area contributed by atoms with Gasteiger partial charge < -0.3 is 5.32 Å². The molecule has 0 fully saturated rings. The molecule has 1 N–H and O–H groups in total. The molecule has 1 aromatic heterocycles. The van der Waals surface area contributed by atoms with Gasteiger partial charge in [0.05, 0.1) is 15.6 Å². The monoisotopic (exact) mass is 438 g/mol. The maximum Gasteiger partial charge on any atom is 0.251 e. The zero-order valence-corrected chi connectivity index (χ0v) is 18.8. The number of carbonyl (C=O) groups excluding carboxylic acids is 1. The third-order valence-corrected chi connectivity index (χ3v) is 7.17. The molecule has 1 aliphatic rings. The van der Waals surface area contributed by atoms with Crippen molar-refractivity contribution in [1.82, 2.24) is 5.32 Å². The minimum atomic E-state index is -0.273. The van der Waals surface area contributed by atoms with Gasteiger partial charge in [0.25, 0.3) is 5.91 Å². The number of fused-ring (bicyclic) bond motifs is 2. The number of aliphatic imine (C=N–C) groups is 1. The first-order valence-electron chi connectivity index (χ1n) is 9.96. The van der Waals surface area contributed by atoms with Crippen molar-refractivity contribution >= 4 is 40.4 Å². The van der Waals surface area contributed by atoms with Gasteiger partial charge in [-0.3, -0.25) is 4.79 Å². The molecule has 2 heterocycles. The van der Waals surface area contributed by atoms with Crippen LogP contribution < -0.4 is 5.32 Å². The van der Waals surface area contributed by atoms with Gasteiger partial charge in [-0.05, 0) is 67.8 Å². The van der Waals surface area contributed by atoms with E-state index < -0.39 is 0 Å². The van der Waals surface area contributed by atoms with E-state index in [1.165, 1.54) is 17.0 Å². The fourth-order valence-electron chi connectivity index (χ4n) is 3.25. The van der Waals surface area contributed by atoms with Gasteiger partial charge in [0, 0.05) is 33.0 Å². The third-order valence-electron chi connectivity index (χ3n) is 4.86. The van der Waals surface area contributed by atoms with Gasteiger partial charge in [0.2, 0.25) is 0 Å².